The second-order valence-electron chi connectivity index (χ2n) is 2.09. The molecule has 0 atom stereocenters. The number of rotatable bonds is 2. The van der Waals surface area contributed by atoms with Crippen LogP contribution in [-0.2, 0) is 6.42 Å². The summed E-state index contributed by atoms with van der Waals surface area (Å²) in [4.78, 5) is 10.8. The minimum atomic E-state index is -0.0608. The lowest BCUT2D eigenvalue weighted by Gasteiger charge is -1.88. The van der Waals surface area contributed by atoms with E-state index in [4.69, 9.17) is 4.52 Å². The van der Waals surface area contributed by atoms with E-state index >= 15 is 0 Å². The monoisotopic (exact) mass is 139 g/mol. The Morgan fingerprint density at radius 2 is 2.50 bits per heavy atom. The van der Waals surface area contributed by atoms with E-state index in [2.05, 4.69) is 5.16 Å². The van der Waals surface area contributed by atoms with Gasteiger partial charge in [0.15, 0.2) is 5.78 Å². The topological polar surface area (TPSA) is 43.1 Å². The molecule has 0 fully saturated rings. The minimum Gasteiger partial charge on any atom is -0.353 e. The quantitative estimate of drug-likeness (QED) is 0.582. The van der Waals surface area contributed by atoms with Crippen LogP contribution in [0.25, 0.3) is 0 Å². The highest BCUT2D eigenvalue weighted by Crippen LogP contribution is 2.08. The molecule has 54 valence electrons. The molecule has 0 aliphatic rings. The third-order valence-corrected chi connectivity index (χ3v) is 1.34. The van der Waals surface area contributed by atoms with Crippen molar-refractivity contribution in [3.8, 4) is 0 Å². The zero-order valence-electron chi connectivity index (χ0n) is 6.05. The Morgan fingerprint density at radius 3 is 2.90 bits per heavy atom. The van der Waals surface area contributed by atoms with Gasteiger partial charge in [-0.1, -0.05) is 12.1 Å². The zero-order chi connectivity index (χ0) is 7.56. The summed E-state index contributed by atoms with van der Waals surface area (Å²) in [5.41, 5.74) is 0.882. The highest BCUT2D eigenvalue weighted by Gasteiger charge is 2.09. The number of ketones is 1. The molecule has 0 spiro atoms. The highest BCUT2D eigenvalue weighted by molar-refractivity contribution is 5.92. The fraction of sp³-hybridized carbons (Fsp3) is 0.429. The molecule has 0 saturated carbocycles. The first-order valence-electron chi connectivity index (χ1n) is 3.20. The van der Waals surface area contributed by atoms with E-state index in [1.165, 1.54) is 6.92 Å². The number of carbonyl (C=O) groups is 1. The van der Waals surface area contributed by atoms with Crippen LogP contribution in [0.15, 0.2) is 10.7 Å². The van der Waals surface area contributed by atoms with E-state index in [-0.39, 0.29) is 5.78 Å². The lowest BCUT2D eigenvalue weighted by molar-refractivity contribution is 0.0977. The smallest absolute Gasteiger partial charge is 0.205 e. The third kappa shape index (κ3) is 1.07. The highest BCUT2D eigenvalue weighted by atomic mass is 16.5. The molecule has 0 amide bonds. The van der Waals surface area contributed by atoms with Crippen LogP contribution in [0.1, 0.15) is 30.0 Å². The van der Waals surface area contributed by atoms with Gasteiger partial charge in [0, 0.05) is 12.5 Å². The van der Waals surface area contributed by atoms with Crippen LogP contribution in [0.5, 0.6) is 0 Å². The van der Waals surface area contributed by atoms with Gasteiger partial charge in [0.25, 0.3) is 0 Å². The van der Waals surface area contributed by atoms with Gasteiger partial charge in [-0.05, 0) is 6.42 Å². The number of hydrogen-bond donors (Lipinski definition) is 0. The van der Waals surface area contributed by atoms with Gasteiger partial charge in [0.05, 0.1) is 6.20 Å². The normalized spacial score (nSPS) is 9.80. The van der Waals surface area contributed by atoms with E-state index in [1.807, 2.05) is 6.92 Å². The number of carbonyl (C=O) groups excluding carboxylic acids is 1. The van der Waals surface area contributed by atoms with Crippen LogP contribution in [0, 0.1) is 0 Å². The van der Waals surface area contributed by atoms with E-state index in [0.29, 0.717) is 5.76 Å². The Kier molecular flexibility index (Phi) is 1.85. The van der Waals surface area contributed by atoms with E-state index in [1.54, 1.807) is 6.20 Å². The van der Waals surface area contributed by atoms with Crippen LogP contribution >= 0.6 is 0 Å². The van der Waals surface area contributed by atoms with Crippen molar-refractivity contribution in [3.05, 3.63) is 17.5 Å². The van der Waals surface area contributed by atoms with Crippen LogP contribution in [0.2, 0.25) is 0 Å². The van der Waals surface area contributed by atoms with Gasteiger partial charge in [0.2, 0.25) is 5.76 Å². The molecule has 3 nitrogen and oxygen atoms in total. The predicted octanol–water partition coefficient (Wildman–Crippen LogP) is 1.44. The largest absolute Gasteiger partial charge is 0.353 e. The minimum absolute atomic E-state index is 0.0608. The first-order chi connectivity index (χ1) is 4.75. The predicted molar refractivity (Wildman–Crippen MR) is 35.9 cm³/mol. The molecule has 0 saturated heterocycles. The summed E-state index contributed by atoms with van der Waals surface area (Å²) in [5, 5.41) is 3.52. The zero-order valence-corrected chi connectivity index (χ0v) is 6.05. The van der Waals surface area contributed by atoms with Crippen LogP contribution in [0.3, 0.4) is 0 Å². The van der Waals surface area contributed by atoms with E-state index < -0.39 is 0 Å². The average molecular weight is 139 g/mol. The van der Waals surface area contributed by atoms with Crippen molar-refractivity contribution in [1.29, 1.82) is 0 Å². The van der Waals surface area contributed by atoms with Crippen LogP contribution in [0.4, 0.5) is 0 Å². The van der Waals surface area contributed by atoms with Crippen molar-refractivity contribution in [3.63, 3.8) is 0 Å². The second kappa shape index (κ2) is 2.64. The Hall–Kier alpha value is -1.12. The van der Waals surface area contributed by atoms with Crippen molar-refractivity contribution >= 4 is 5.78 Å². The lowest BCUT2D eigenvalue weighted by atomic mass is 10.2. The molecule has 1 rings (SSSR count). The lowest BCUT2D eigenvalue weighted by Crippen LogP contribution is -1.93. The molecular weight excluding hydrogens is 130 g/mol. The van der Waals surface area contributed by atoms with Crippen LogP contribution in [-0.4, -0.2) is 10.9 Å². The first-order valence-corrected chi connectivity index (χ1v) is 3.20. The molecule has 0 N–H and O–H groups in total. The van der Waals surface area contributed by atoms with Crippen molar-refractivity contribution in [2.45, 2.75) is 20.3 Å². The molecule has 1 heterocycles. The van der Waals surface area contributed by atoms with Gasteiger partial charge in [-0.2, -0.15) is 0 Å². The Labute approximate surface area is 59.0 Å². The van der Waals surface area contributed by atoms with E-state index in [9.17, 15) is 4.79 Å². The summed E-state index contributed by atoms with van der Waals surface area (Å²) in [6.45, 7) is 3.43. The Bertz CT molecular complexity index is 240. The molecule has 0 aliphatic carbocycles. The molecular formula is C7H9NO2. The van der Waals surface area contributed by atoms with Crippen molar-refractivity contribution in [1.82, 2.24) is 5.16 Å². The number of Topliss-reactive ketones (excluding diaryl/α,β-unsaturated/α-hetero) is 1. The third-order valence-electron chi connectivity index (χ3n) is 1.34. The summed E-state index contributed by atoms with van der Waals surface area (Å²) in [5.74, 6) is 0.330. The molecule has 1 aromatic heterocycles. The van der Waals surface area contributed by atoms with Gasteiger partial charge in [-0.15, -0.1) is 0 Å². The molecule has 0 unspecified atom stereocenters. The molecule has 10 heavy (non-hydrogen) atoms. The SMILES string of the molecule is CCc1cnoc1C(C)=O. The van der Waals surface area contributed by atoms with Crippen LogP contribution < -0.4 is 0 Å². The maximum Gasteiger partial charge on any atom is 0.205 e. The van der Waals surface area contributed by atoms with Gasteiger partial charge in [0.1, 0.15) is 0 Å². The number of nitrogens with zero attached hydrogens (tertiary/aromatic N) is 1. The fourth-order valence-electron chi connectivity index (χ4n) is 0.802. The van der Waals surface area contributed by atoms with Crippen molar-refractivity contribution in [2.24, 2.45) is 0 Å². The summed E-state index contributed by atoms with van der Waals surface area (Å²) in [7, 11) is 0. The number of aryl methyl sites for hydroxylation is 1. The number of hydrogen-bond acceptors (Lipinski definition) is 3. The Balaban J connectivity index is 3.01. The fourth-order valence-corrected chi connectivity index (χ4v) is 0.802. The molecule has 0 aliphatic heterocycles. The maximum absolute atomic E-state index is 10.8. The molecule has 0 radical (unpaired) electrons. The summed E-state index contributed by atoms with van der Waals surface area (Å²) >= 11 is 0. The van der Waals surface area contributed by atoms with Gasteiger partial charge < -0.3 is 4.52 Å². The standard InChI is InChI=1S/C7H9NO2/c1-3-6-4-8-10-7(6)5(2)9/h4H,3H2,1-2H3. The summed E-state index contributed by atoms with van der Waals surface area (Å²) < 4.78 is 4.72. The van der Waals surface area contributed by atoms with Gasteiger partial charge in [-0.25, -0.2) is 0 Å². The molecule has 1 aromatic rings. The average Bonchev–Trinajstić information content (AvgIpc) is 2.33. The molecule has 0 aromatic carbocycles. The van der Waals surface area contributed by atoms with Crippen molar-refractivity contribution in [2.75, 3.05) is 0 Å². The molecule has 3 heteroatoms. The summed E-state index contributed by atoms with van der Waals surface area (Å²) in [6.07, 6.45) is 2.37. The number of aromatic nitrogens is 1. The van der Waals surface area contributed by atoms with Crippen molar-refractivity contribution < 1.29 is 9.32 Å². The van der Waals surface area contributed by atoms with E-state index in [0.717, 1.165) is 12.0 Å². The van der Waals surface area contributed by atoms with Gasteiger partial charge >= 0.3 is 0 Å². The molecule has 0 bridgehead atoms. The second-order valence-corrected chi connectivity index (χ2v) is 2.09. The Morgan fingerprint density at radius 1 is 1.80 bits per heavy atom. The van der Waals surface area contributed by atoms with Gasteiger partial charge in [-0.3, -0.25) is 4.79 Å². The summed E-state index contributed by atoms with van der Waals surface area (Å²) in [6, 6.07) is 0. The maximum atomic E-state index is 10.8. The first kappa shape index (κ1) is 6.99.